The van der Waals surface area contributed by atoms with Crippen molar-refractivity contribution in [2.45, 2.75) is 26.2 Å². The molecule has 1 aromatic carbocycles. The molecule has 0 aliphatic rings. The van der Waals surface area contributed by atoms with Crippen LogP contribution in [-0.4, -0.2) is 20.5 Å². The van der Waals surface area contributed by atoms with Crippen LogP contribution in [0.5, 0.6) is 0 Å². The van der Waals surface area contributed by atoms with Crippen LogP contribution >= 0.6 is 0 Å². The lowest BCUT2D eigenvalue weighted by molar-refractivity contribution is 0.102. The van der Waals surface area contributed by atoms with E-state index in [0.717, 1.165) is 12.1 Å². The molecule has 0 fully saturated rings. The molecule has 1 atom stereocenters. The minimum atomic E-state index is -0.234. The molecule has 0 saturated heterocycles. The maximum Gasteiger partial charge on any atom is 0.276 e. The van der Waals surface area contributed by atoms with Gasteiger partial charge in [-0.05, 0) is 36.1 Å². The van der Waals surface area contributed by atoms with E-state index in [1.54, 1.807) is 29.0 Å². The van der Waals surface area contributed by atoms with Gasteiger partial charge in [-0.2, -0.15) is 5.10 Å². The van der Waals surface area contributed by atoms with Gasteiger partial charge in [0, 0.05) is 24.1 Å². The summed E-state index contributed by atoms with van der Waals surface area (Å²) < 4.78 is 1.58. The summed E-state index contributed by atoms with van der Waals surface area (Å²) in [6.45, 7) is 4.36. The number of carbonyl (C=O) groups is 1. The number of amides is 1. The molecular formula is C17H18N4O. The second kappa shape index (κ2) is 5.97. The van der Waals surface area contributed by atoms with Crippen LogP contribution in [-0.2, 0) is 0 Å². The lowest BCUT2D eigenvalue weighted by Gasteiger charge is -2.10. The number of aromatic nitrogens is 3. The topological polar surface area (TPSA) is 59.3 Å². The van der Waals surface area contributed by atoms with Crippen LogP contribution in [0.1, 0.15) is 42.2 Å². The van der Waals surface area contributed by atoms with Crippen molar-refractivity contribution in [1.29, 1.82) is 0 Å². The van der Waals surface area contributed by atoms with Crippen molar-refractivity contribution < 1.29 is 4.79 Å². The summed E-state index contributed by atoms with van der Waals surface area (Å²) in [5, 5.41) is 7.07. The highest BCUT2D eigenvalue weighted by Gasteiger charge is 2.11. The summed E-state index contributed by atoms with van der Waals surface area (Å²) in [6, 6.07) is 11.4. The second-order valence-corrected chi connectivity index (χ2v) is 5.34. The van der Waals surface area contributed by atoms with Crippen LogP contribution in [0.3, 0.4) is 0 Å². The molecule has 1 amide bonds. The highest BCUT2D eigenvalue weighted by Crippen LogP contribution is 2.20. The smallest absolute Gasteiger partial charge is 0.276 e. The number of hydrogen-bond donors (Lipinski definition) is 1. The Morgan fingerprint density at radius 3 is 2.77 bits per heavy atom. The zero-order chi connectivity index (χ0) is 15.5. The first-order valence-corrected chi connectivity index (χ1v) is 7.39. The molecule has 1 N–H and O–H groups in total. The maximum absolute atomic E-state index is 12.2. The van der Waals surface area contributed by atoms with Crippen molar-refractivity contribution in [3.05, 3.63) is 60.0 Å². The monoisotopic (exact) mass is 294 g/mol. The number of anilines is 1. The zero-order valence-corrected chi connectivity index (χ0v) is 12.7. The number of nitrogens with zero attached hydrogens (tertiary/aromatic N) is 3. The summed E-state index contributed by atoms with van der Waals surface area (Å²) in [5.74, 6) is 0.288. The van der Waals surface area contributed by atoms with Crippen LogP contribution in [0.4, 0.5) is 5.69 Å². The minimum absolute atomic E-state index is 0.234. The Bertz CT molecular complexity index is 759. The predicted octanol–water partition coefficient (Wildman–Crippen LogP) is 3.50. The highest BCUT2D eigenvalue weighted by molar-refractivity contribution is 6.03. The molecule has 2 heterocycles. The molecule has 0 radical (unpaired) electrons. The molecule has 5 heteroatoms. The second-order valence-electron chi connectivity index (χ2n) is 5.34. The SMILES string of the molecule is CC[C@@H](C)c1ccc(NC(=O)c2cc3ncccn3n2)cc1. The van der Waals surface area contributed by atoms with Crippen LogP contribution < -0.4 is 5.32 Å². The molecular weight excluding hydrogens is 276 g/mol. The fourth-order valence-electron chi connectivity index (χ4n) is 2.27. The van der Waals surface area contributed by atoms with Crippen molar-refractivity contribution in [1.82, 2.24) is 14.6 Å². The van der Waals surface area contributed by atoms with Crippen molar-refractivity contribution in [3.63, 3.8) is 0 Å². The van der Waals surface area contributed by atoms with E-state index in [1.807, 2.05) is 12.1 Å². The standard InChI is InChI=1S/C17H18N4O/c1-3-12(2)13-5-7-14(8-6-13)19-17(22)15-11-16-18-9-4-10-21(16)20-15/h4-12H,3H2,1-2H3,(H,19,22)/t12-/m1/s1. The molecule has 0 unspecified atom stereocenters. The third kappa shape index (κ3) is 2.83. The van der Waals surface area contributed by atoms with Gasteiger partial charge >= 0.3 is 0 Å². The molecule has 3 aromatic rings. The molecule has 22 heavy (non-hydrogen) atoms. The molecule has 3 rings (SSSR count). The average molecular weight is 294 g/mol. The van der Waals surface area contributed by atoms with Gasteiger partial charge in [0.05, 0.1) is 0 Å². The predicted molar refractivity (Wildman–Crippen MR) is 86.1 cm³/mol. The Kier molecular flexibility index (Phi) is 3.87. The normalized spacial score (nSPS) is 12.3. The summed E-state index contributed by atoms with van der Waals surface area (Å²) in [6.07, 6.45) is 4.53. The molecule has 0 aliphatic heterocycles. The van der Waals surface area contributed by atoms with E-state index < -0.39 is 0 Å². The van der Waals surface area contributed by atoms with E-state index >= 15 is 0 Å². The number of nitrogens with one attached hydrogen (secondary N) is 1. The summed E-state index contributed by atoms with van der Waals surface area (Å²) >= 11 is 0. The van der Waals surface area contributed by atoms with E-state index in [2.05, 4.69) is 41.4 Å². The van der Waals surface area contributed by atoms with Crippen molar-refractivity contribution in [3.8, 4) is 0 Å². The number of rotatable bonds is 4. The molecule has 0 aliphatic carbocycles. The van der Waals surface area contributed by atoms with Gasteiger partial charge < -0.3 is 5.32 Å². The fraction of sp³-hybridized carbons (Fsp3) is 0.235. The molecule has 0 saturated carbocycles. The van der Waals surface area contributed by atoms with Gasteiger partial charge in [-0.1, -0.05) is 26.0 Å². The Morgan fingerprint density at radius 2 is 2.09 bits per heavy atom. The van der Waals surface area contributed by atoms with Gasteiger partial charge in [0.1, 0.15) is 0 Å². The minimum Gasteiger partial charge on any atom is -0.321 e. The van der Waals surface area contributed by atoms with E-state index in [0.29, 0.717) is 17.3 Å². The van der Waals surface area contributed by atoms with Crippen LogP contribution in [0.25, 0.3) is 5.65 Å². The zero-order valence-electron chi connectivity index (χ0n) is 12.7. The third-order valence-electron chi connectivity index (χ3n) is 3.82. The van der Waals surface area contributed by atoms with Crippen molar-refractivity contribution in [2.75, 3.05) is 5.32 Å². The van der Waals surface area contributed by atoms with Gasteiger partial charge in [0.2, 0.25) is 0 Å². The van der Waals surface area contributed by atoms with Crippen molar-refractivity contribution in [2.24, 2.45) is 0 Å². The van der Waals surface area contributed by atoms with E-state index in [9.17, 15) is 4.79 Å². The molecule has 5 nitrogen and oxygen atoms in total. The lowest BCUT2D eigenvalue weighted by atomic mass is 9.99. The first kappa shape index (κ1) is 14.3. The number of carbonyl (C=O) groups excluding carboxylic acids is 1. The quantitative estimate of drug-likeness (QED) is 0.801. The van der Waals surface area contributed by atoms with Gasteiger partial charge in [-0.15, -0.1) is 0 Å². The third-order valence-corrected chi connectivity index (χ3v) is 3.82. The largest absolute Gasteiger partial charge is 0.321 e. The first-order valence-electron chi connectivity index (χ1n) is 7.39. The lowest BCUT2D eigenvalue weighted by Crippen LogP contribution is -2.12. The van der Waals surface area contributed by atoms with Gasteiger partial charge in [0.25, 0.3) is 5.91 Å². The molecule has 2 aromatic heterocycles. The van der Waals surface area contributed by atoms with Gasteiger partial charge in [-0.3, -0.25) is 4.79 Å². The Hall–Kier alpha value is -2.69. The summed E-state index contributed by atoms with van der Waals surface area (Å²) in [4.78, 5) is 16.4. The highest BCUT2D eigenvalue weighted by atomic mass is 16.1. The van der Waals surface area contributed by atoms with E-state index in [1.165, 1.54) is 5.56 Å². The van der Waals surface area contributed by atoms with Crippen LogP contribution in [0.2, 0.25) is 0 Å². The fourth-order valence-corrected chi connectivity index (χ4v) is 2.27. The number of benzene rings is 1. The van der Waals surface area contributed by atoms with Crippen LogP contribution in [0.15, 0.2) is 48.8 Å². The average Bonchev–Trinajstić information content (AvgIpc) is 2.99. The van der Waals surface area contributed by atoms with E-state index in [4.69, 9.17) is 0 Å². The van der Waals surface area contributed by atoms with Crippen LogP contribution in [0, 0.1) is 0 Å². The number of fused-ring (bicyclic) bond motifs is 1. The maximum atomic E-state index is 12.2. The summed E-state index contributed by atoms with van der Waals surface area (Å²) in [7, 11) is 0. The summed E-state index contributed by atoms with van der Waals surface area (Å²) in [5.41, 5.74) is 3.05. The Labute approximate surface area is 129 Å². The molecule has 112 valence electrons. The van der Waals surface area contributed by atoms with Gasteiger partial charge in [0.15, 0.2) is 11.3 Å². The Morgan fingerprint density at radius 1 is 1.32 bits per heavy atom. The first-order chi connectivity index (χ1) is 10.7. The van der Waals surface area contributed by atoms with E-state index in [-0.39, 0.29) is 5.91 Å². The van der Waals surface area contributed by atoms with Crippen molar-refractivity contribution >= 4 is 17.2 Å². The molecule has 0 bridgehead atoms. The number of hydrogen-bond acceptors (Lipinski definition) is 3. The molecule has 0 spiro atoms. The Balaban J connectivity index is 1.76. The van der Waals surface area contributed by atoms with Gasteiger partial charge in [-0.25, -0.2) is 9.50 Å².